The van der Waals surface area contributed by atoms with Gasteiger partial charge in [-0.05, 0) is 24.0 Å². The van der Waals surface area contributed by atoms with Gasteiger partial charge < -0.3 is 14.9 Å². The molecular weight excluding hydrogens is 224 g/mol. The zero-order chi connectivity index (χ0) is 12.3. The number of aliphatic hydroxyl groups is 2. The Morgan fingerprint density at radius 1 is 0.941 bits per heavy atom. The molecule has 2 aliphatic carbocycles. The molecular formula is C12H14O5. The first-order chi connectivity index (χ1) is 8.15. The van der Waals surface area contributed by atoms with E-state index < -0.39 is 22.8 Å². The number of hydrogen-bond donors (Lipinski definition) is 2. The van der Waals surface area contributed by atoms with Crippen LogP contribution in [0.1, 0.15) is 25.7 Å². The van der Waals surface area contributed by atoms with E-state index in [0.717, 1.165) is 12.8 Å². The van der Waals surface area contributed by atoms with E-state index in [2.05, 4.69) is 0 Å². The average Bonchev–Trinajstić information content (AvgIpc) is 2.50. The molecule has 1 saturated heterocycles. The number of esters is 2. The number of cyclic esters (lactones) is 2. The van der Waals surface area contributed by atoms with Crippen molar-refractivity contribution in [2.24, 2.45) is 10.8 Å². The summed E-state index contributed by atoms with van der Waals surface area (Å²) in [5.41, 5.74) is -0.907. The second-order valence-electron chi connectivity index (χ2n) is 4.97. The predicted octanol–water partition coefficient (Wildman–Crippen LogP) is -0.0886. The Morgan fingerprint density at radius 3 is 1.71 bits per heavy atom. The summed E-state index contributed by atoms with van der Waals surface area (Å²) in [6.45, 7) is -0.583. The molecule has 0 aromatic heterocycles. The van der Waals surface area contributed by atoms with Crippen molar-refractivity contribution in [3.8, 4) is 0 Å². The summed E-state index contributed by atoms with van der Waals surface area (Å²) in [6.07, 6.45) is 2.76. The highest BCUT2D eigenvalue weighted by atomic mass is 16.6. The third-order valence-corrected chi connectivity index (χ3v) is 4.68. The molecule has 0 bridgehead atoms. The third-order valence-electron chi connectivity index (χ3n) is 4.68. The lowest BCUT2D eigenvalue weighted by molar-refractivity contribution is -0.155. The Morgan fingerprint density at radius 2 is 1.35 bits per heavy atom. The number of carbonyl (C=O) groups is 2. The normalized spacial score (nSPS) is 39.6. The van der Waals surface area contributed by atoms with Gasteiger partial charge in [0.2, 0.25) is 0 Å². The zero-order valence-corrected chi connectivity index (χ0v) is 9.36. The molecule has 3 rings (SSSR count). The van der Waals surface area contributed by atoms with Gasteiger partial charge >= 0.3 is 11.9 Å². The second kappa shape index (κ2) is 3.17. The molecule has 3 aliphatic rings. The van der Waals surface area contributed by atoms with E-state index in [0.29, 0.717) is 24.0 Å². The number of hydrogen-bond acceptors (Lipinski definition) is 5. The third kappa shape index (κ3) is 0.870. The Bertz CT molecular complexity index is 412. The fourth-order valence-corrected chi connectivity index (χ4v) is 3.99. The SMILES string of the molecule is O=C1OC(=O)[C@@]23CCCC[C@@]12C(CO)=C3CO. The van der Waals surface area contributed by atoms with Crippen molar-refractivity contribution in [1.29, 1.82) is 0 Å². The second-order valence-corrected chi connectivity index (χ2v) is 4.97. The quantitative estimate of drug-likeness (QED) is 0.399. The number of carbonyl (C=O) groups excluding carboxylic acids is 2. The highest BCUT2D eigenvalue weighted by Crippen LogP contribution is 2.71. The molecule has 92 valence electrons. The van der Waals surface area contributed by atoms with E-state index in [9.17, 15) is 19.8 Å². The molecule has 2 fully saturated rings. The van der Waals surface area contributed by atoms with Gasteiger partial charge in [-0.15, -0.1) is 0 Å². The highest BCUT2D eigenvalue weighted by molar-refractivity contribution is 6.09. The van der Waals surface area contributed by atoms with E-state index in [1.807, 2.05) is 0 Å². The van der Waals surface area contributed by atoms with Crippen molar-refractivity contribution >= 4 is 11.9 Å². The van der Waals surface area contributed by atoms with E-state index in [-0.39, 0.29) is 13.2 Å². The molecule has 2 N–H and O–H groups in total. The van der Waals surface area contributed by atoms with Gasteiger partial charge in [-0.25, -0.2) is 0 Å². The Hall–Kier alpha value is -1.20. The molecule has 5 heteroatoms. The predicted molar refractivity (Wildman–Crippen MR) is 55.6 cm³/mol. The molecule has 0 spiro atoms. The van der Waals surface area contributed by atoms with Crippen LogP contribution in [-0.2, 0) is 14.3 Å². The largest absolute Gasteiger partial charge is 0.392 e. The van der Waals surface area contributed by atoms with Crippen LogP contribution in [0.15, 0.2) is 11.1 Å². The fraction of sp³-hybridized carbons (Fsp3) is 0.667. The maximum Gasteiger partial charge on any atom is 0.325 e. The van der Waals surface area contributed by atoms with Crippen molar-refractivity contribution < 1.29 is 24.5 Å². The first kappa shape index (κ1) is 10.9. The summed E-state index contributed by atoms with van der Waals surface area (Å²) in [7, 11) is 0. The maximum atomic E-state index is 12.0. The number of rotatable bonds is 2. The van der Waals surface area contributed by atoms with Crippen molar-refractivity contribution in [2.45, 2.75) is 25.7 Å². The average molecular weight is 238 g/mol. The first-order valence-electron chi connectivity index (χ1n) is 5.86. The Balaban J connectivity index is 2.24. The minimum Gasteiger partial charge on any atom is -0.392 e. The van der Waals surface area contributed by atoms with Gasteiger partial charge in [-0.1, -0.05) is 12.8 Å². The molecule has 0 amide bonds. The summed E-state index contributed by atoms with van der Waals surface area (Å²) in [4.78, 5) is 23.9. The lowest BCUT2D eigenvalue weighted by Gasteiger charge is -2.55. The van der Waals surface area contributed by atoms with Crippen molar-refractivity contribution in [3.05, 3.63) is 11.1 Å². The topological polar surface area (TPSA) is 83.8 Å². The molecule has 17 heavy (non-hydrogen) atoms. The smallest absolute Gasteiger partial charge is 0.325 e. The summed E-state index contributed by atoms with van der Waals surface area (Å²) in [5, 5.41) is 18.8. The van der Waals surface area contributed by atoms with Gasteiger partial charge in [-0.3, -0.25) is 9.59 Å². The summed E-state index contributed by atoms with van der Waals surface area (Å²) in [5.74, 6) is -1.08. The van der Waals surface area contributed by atoms with Crippen LogP contribution in [0.5, 0.6) is 0 Å². The number of aliphatic hydroxyl groups excluding tert-OH is 2. The van der Waals surface area contributed by atoms with Crippen LogP contribution in [0.2, 0.25) is 0 Å². The van der Waals surface area contributed by atoms with Crippen molar-refractivity contribution in [2.75, 3.05) is 13.2 Å². The standard InChI is InChI=1S/C12H14O5/c13-5-7-8(6-14)12-4-2-1-3-11(7,12)9(15)17-10(12)16/h13-14H,1-6H2/t11-,12+. The van der Waals surface area contributed by atoms with Crippen LogP contribution in [-0.4, -0.2) is 35.4 Å². The Kier molecular flexibility index (Phi) is 2.04. The van der Waals surface area contributed by atoms with Gasteiger partial charge in [-0.2, -0.15) is 0 Å². The van der Waals surface area contributed by atoms with Gasteiger partial charge in [0, 0.05) is 0 Å². The minimum absolute atomic E-state index is 0.292. The molecule has 1 heterocycles. The fourth-order valence-electron chi connectivity index (χ4n) is 3.99. The van der Waals surface area contributed by atoms with E-state index in [1.165, 1.54) is 0 Å². The minimum atomic E-state index is -0.963. The van der Waals surface area contributed by atoms with Gasteiger partial charge in [0.15, 0.2) is 0 Å². The molecule has 5 nitrogen and oxygen atoms in total. The molecule has 0 radical (unpaired) electrons. The van der Waals surface area contributed by atoms with Crippen LogP contribution in [0, 0.1) is 10.8 Å². The molecule has 0 aromatic rings. The van der Waals surface area contributed by atoms with Crippen LogP contribution in [0.25, 0.3) is 0 Å². The van der Waals surface area contributed by atoms with Crippen LogP contribution < -0.4 is 0 Å². The monoisotopic (exact) mass is 238 g/mol. The van der Waals surface area contributed by atoms with Gasteiger partial charge in [0.05, 0.1) is 13.2 Å². The number of ether oxygens (including phenoxy) is 1. The summed E-state index contributed by atoms with van der Waals surface area (Å²) < 4.78 is 4.80. The molecule has 2 atom stereocenters. The molecule has 1 saturated carbocycles. The first-order valence-corrected chi connectivity index (χ1v) is 5.86. The van der Waals surface area contributed by atoms with E-state index in [4.69, 9.17) is 4.74 Å². The molecule has 0 unspecified atom stereocenters. The highest BCUT2D eigenvalue weighted by Gasteiger charge is 2.77. The summed E-state index contributed by atoms with van der Waals surface area (Å²) in [6, 6.07) is 0. The van der Waals surface area contributed by atoms with Crippen molar-refractivity contribution in [1.82, 2.24) is 0 Å². The van der Waals surface area contributed by atoms with Gasteiger partial charge in [0.1, 0.15) is 10.8 Å². The van der Waals surface area contributed by atoms with Crippen LogP contribution in [0.4, 0.5) is 0 Å². The van der Waals surface area contributed by atoms with Crippen LogP contribution in [0.3, 0.4) is 0 Å². The zero-order valence-electron chi connectivity index (χ0n) is 9.36. The molecule has 0 aromatic carbocycles. The van der Waals surface area contributed by atoms with Crippen LogP contribution >= 0.6 is 0 Å². The van der Waals surface area contributed by atoms with Crippen molar-refractivity contribution in [3.63, 3.8) is 0 Å². The summed E-state index contributed by atoms with van der Waals surface area (Å²) >= 11 is 0. The van der Waals surface area contributed by atoms with Gasteiger partial charge in [0.25, 0.3) is 0 Å². The lowest BCUT2D eigenvalue weighted by atomic mass is 9.42. The maximum absolute atomic E-state index is 12.0. The van der Waals surface area contributed by atoms with E-state index >= 15 is 0 Å². The molecule has 1 aliphatic heterocycles. The lowest BCUT2D eigenvalue weighted by Crippen LogP contribution is -2.59. The van der Waals surface area contributed by atoms with E-state index in [1.54, 1.807) is 0 Å². The Labute approximate surface area is 98.1 Å².